The summed E-state index contributed by atoms with van der Waals surface area (Å²) in [5.74, 6) is 0. The van der Waals surface area contributed by atoms with E-state index in [1.54, 1.807) is 11.0 Å². The van der Waals surface area contributed by atoms with Gasteiger partial charge < -0.3 is 5.32 Å². The van der Waals surface area contributed by atoms with Crippen molar-refractivity contribution in [1.82, 2.24) is 25.5 Å². The summed E-state index contributed by atoms with van der Waals surface area (Å²) in [5.41, 5.74) is 3.66. The summed E-state index contributed by atoms with van der Waals surface area (Å²) in [4.78, 5) is 1.43. The Hall–Kier alpha value is -2.05. The molecule has 0 saturated heterocycles. The van der Waals surface area contributed by atoms with Gasteiger partial charge in [0.05, 0.1) is 5.69 Å². The Kier molecular flexibility index (Phi) is 4.60. The minimum Gasteiger partial charge on any atom is -0.305 e. The lowest BCUT2D eigenvalue weighted by Gasteiger charge is -2.15. The second-order valence-corrected chi connectivity index (χ2v) is 6.17. The number of hydrogen-bond acceptors (Lipinski definition) is 5. The average molecular weight is 313 g/mol. The van der Waals surface area contributed by atoms with Crippen molar-refractivity contribution in [1.29, 1.82) is 0 Å². The van der Waals surface area contributed by atoms with Crippen LogP contribution in [0.15, 0.2) is 42.0 Å². The Morgan fingerprint density at radius 3 is 2.73 bits per heavy atom. The van der Waals surface area contributed by atoms with Gasteiger partial charge in [0.2, 0.25) is 0 Å². The van der Waals surface area contributed by atoms with Crippen LogP contribution in [-0.2, 0) is 13.0 Å². The third kappa shape index (κ3) is 3.23. The number of benzene rings is 1. The molecule has 2 heterocycles. The maximum atomic E-state index is 3.89. The van der Waals surface area contributed by atoms with E-state index in [9.17, 15) is 0 Å². The van der Waals surface area contributed by atoms with Crippen LogP contribution in [0.2, 0.25) is 0 Å². The van der Waals surface area contributed by atoms with Crippen LogP contribution in [0.25, 0.3) is 5.69 Å². The minimum absolute atomic E-state index is 0.301. The summed E-state index contributed by atoms with van der Waals surface area (Å²) in [6.07, 6.45) is 2.69. The van der Waals surface area contributed by atoms with Crippen LogP contribution in [0.1, 0.15) is 35.9 Å². The van der Waals surface area contributed by atoms with Gasteiger partial charge in [-0.15, -0.1) is 16.4 Å². The summed E-state index contributed by atoms with van der Waals surface area (Å²) in [6, 6.07) is 10.8. The first kappa shape index (κ1) is 14.9. The highest BCUT2D eigenvalue weighted by Gasteiger charge is 2.08. The van der Waals surface area contributed by atoms with Gasteiger partial charge in [-0.25, -0.2) is 4.68 Å². The predicted molar refractivity (Wildman–Crippen MR) is 88.1 cm³/mol. The third-order valence-electron chi connectivity index (χ3n) is 3.79. The van der Waals surface area contributed by atoms with Gasteiger partial charge in [-0.2, -0.15) is 0 Å². The van der Waals surface area contributed by atoms with Gasteiger partial charge >= 0.3 is 0 Å². The molecule has 22 heavy (non-hydrogen) atoms. The minimum atomic E-state index is 0.301. The van der Waals surface area contributed by atoms with Gasteiger partial charge in [0, 0.05) is 17.5 Å². The van der Waals surface area contributed by atoms with Crippen LogP contribution >= 0.6 is 11.3 Å². The van der Waals surface area contributed by atoms with Gasteiger partial charge in [-0.3, -0.25) is 0 Å². The summed E-state index contributed by atoms with van der Waals surface area (Å²) >= 11 is 1.82. The molecule has 0 radical (unpaired) electrons. The molecule has 1 aromatic carbocycles. The van der Waals surface area contributed by atoms with Gasteiger partial charge in [-0.05, 0) is 58.5 Å². The molecule has 1 N–H and O–H groups in total. The van der Waals surface area contributed by atoms with Crippen LogP contribution < -0.4 is 5.32 Å². The van der Waals surface area contributed by atoms with Crippen molar-refractivity contribution in [2.24, 2.45) is 0 Å². The van der Waals surface area contributed by atoms with Crippen LogP contribution in [0.5, 0.6) is 0 Å². The van der Waals surface area contributed by atoms with E-state index in [4.69, 9.17) is 0 Å². The average Bonchev–Trinajstić information content (AvgIpc) is 3.24. The Morgan fingerprint density at radius 2 is 2.05 bits per heavy atom. The lowest BCUT2D eigenvalue weighted by molar-refractivity contribution is 0.577. The first-order valence-electron chi connectivity index (χ1n) is 7.40. The highest BCUT2D eigenvalue weighted by Crippen LogP contribution is 2.20. The number of aryl methyl sites for hydroxylation is 1. The van der Waals surface area contributed by atoms with E-state index in [1.807, 2.05) is 23.5 Å². The van der Waals surface area contributed by atoms with Crippen LogP contribution in [-0.4, -0.2) is 20.2 Å². The molecule has 0 unspecified atom stereocenters. The molecule has 1 atom stereocenters. The van der Waals surface area contributed by atoms with E-state index < -0.39 is 0 Å². The molecule has 0 fully saturated rings. The molecule has 0 aliphatic rings. The Labute approximate surface area is 134 Å². The molecule has 3 rings (SSSR count). The molecule has 0 amide bonds. The summed E-state index contributed by atoms with van der Waals surface area (Å²) in [6.45, 7) is 5.30. The largest absolute Gasteiger partial charge is 0.305 e. The molecule has 0 aliphatic heterocycles. The maximum Gasteiger partial charge on any atom is 0.143 e. The second-order valence-electron chi connectivity index (χ2n) is 5.17. The number of tetrazole rings is 1. The molecule has 3 aromatic rings. The Bertz CT molecular complexity index is 702. The monoisotopic (exact) mass is 313 g/mol. The van der Waals surface area contributed by atoms with Crippen molar-refractivity contribution in [3.8, 4) is 5.69 Å². The summed E-state index contributed by atoms with van der Waals surface area (Å²) < 4.78 is 1.65. The predicted octanol–water partition coefficient (Wildman–Crippen LogP) is 3.14. The molecule has 5 nitrogen and oxygen atoms in total. The molecular weight excluding hydrogens is 294 g/mol. The van der Waals surface area contributed by atoms with Gasteiger partial charge in [0.1, 0.15) is 6.33 Å². The maximum absolute atomic E-state index is 3.89. The number of aromatic nitrogens is 4. The van der Waals surface area contributed by atoms with Crippen molar-refractivity contribution in [2.75, 3.05) is 0 Å². The zero-order valence-corrected chi connectivity index (χ0v) is 13.5. The van der Waals surface area contributed by atoms with E-state index >= 15 is 0 Å². The molecular formula is C16H19N5S. The van der Waals surface area contributed by atoms with Gasteiger partial charge in [0.25, 0.3) is 0 Å². The van der Waals surface area contributed by atoms with Crippen molar-refractivity contribution < 1.29 is 0 Å². The van der Waals surface area contributed by atoms with Crippen LogP contribution in [0, 0.1) is 0 Å². The number of rotatable bonds is 6. The van der Waals surface area contributed by atoms with Crippen molar-refractivity contribution in [2.45, 2.75) is 32.9 Å². The first-order valence-corrected chi connectivity index (χ1v) is 8.28. The standard InChI is InChI=1S/C16H19N5S/c1-3-13-8-9-22-16(13)10-17-12(2)14-4-6-15(7-5-14)21-11-18-19-20-21/h4-9,11-12,17H,3,10H2,1-2H3/t12-/m0/s1. The van der Waals surface area contributed by atoms with E-state index in [2.05, 4.69) is 58.3 Å². The van der Waals surface area contributed by atoms with Gasteiger partial charge in [0.15, 0.2) is 0 Å². The fourth-order valence-corrected chi connectivity index (χ4v) is 3.32. The first-order chi connectivity index (χ1) is 10.8. The Morgan fingerprint density at radius 1 is 1.23 bits per heavy atom. The van der Waals surface area contributed by atoms with E-state index in [0.29, 0.717) is 6.04 Å². The van der Waals surface area contributed by atoms with Gasteiger partial charge in [-0.1, -0.05) is 19.1 Å². The smallest absolute Gasteiger partial charge is 0.143 e. The van der Waals surface area contributed by atoms with Crippen LogP contribution in [0.3, 0.4) is 0 Å². The lowest BCUT2D eigenvalue weighted by atomic mass is 10.1. The van der Waals surface area contributed by atoms with Crippen LogP contribution in [0.4, 0.5) is 0 Å². The molecule has 0 bridgehead atoms. The van der Waals surface area contributed by atoms with Crippen molar-refractivity contribution in [3.63, 3.8) is 0 Å². The second kappa shape index (κ2) is 6.81. The molecule has 0 saturated carbocycles. The number of nitrogens with one attached hydrogen (secondary N) is 1. The number of hydrogen-bond donors (Lipinski definition) is 1. The number of nitrogens with zero attached hydrogens (tertiary/aromatic N) is 4. The molecule has 114 valence electrons. The highest BCUT2D eigenvalue weighted by atomic mass is 32.1. The quantitative estimate of drug-likeness (QED) is 0.759. The molecule has 0 spiro atoms. The lowest BCUT2D eigenvalue weighted by Crippen LogP contribution is -2.18. The highest BCUT2D eigenvalue weighted by molar-refractivity contribution is 7.10. The summed E-state index contributed by atoms with van der Waals surface area (Å²) in [7, 11) is 0. The zero-order chi connectivity index (χ0) is 15.4. The normalized spacial score (nSPS) is 12.5. The number of thiophene rings is 1. The molecule has 0 aliphatic carbocycles. The summed E-state index contributed by atoms with van der Waals surface area (Å²) in [5, 5.41) is 17.0. The van der Waals surface area contributed by atoms with E-state index in [0.717, 1.165) is 18.7 Å². The topological polar surface area (TPSA) is 55.6 Å². The van der Waals surface area contributed by atoms with Crippen molar-refractivity contribution >= 4 is 11.3 Å². The van der Waals surface area contributed by atoms with E-state index in [1.165, 1.54) is 16.0 Å². The zero-order valence-electron chi connectivity index (χ0n) is 12.7. The Balaban J connectivity index is 1.64. The molecule has 6 heteroatoms. The SMILES string of the molecule is CCc1ccsc1CN[C@@H](C)c1ccc(-n2cnnn2)cc1. The van der Waals surface area contributed by atoms with E-state index in [-0.39, 0.29) is 0 Å². The third-order valence-corrected chi connectivity index (χ3v) is 4.76. The van der Waals surface area contributed by atoms with Crippen molar-refractivity contribution in [3.05, 3.63) is 58.0 Å². The molecule has 2 aromatic heterocycles. The fraction of sp³-hybridized carbons (Fsp3) is 0.312. The fourth-order valence-electron chi connectivity index (χ4n) is 2.40.